The number of thioether (sulfide) groups is 1. The van der Waals surface area contributed by atoms with E-state index in [0.29, 0.717) is 6.04 Å². The Kier molecular flexibility index (Phi) is 3.73. The second kappa shape index (κ2) is 5.66. The van der Waals surface area contributed by atoms with Gasteiger partial charge in [0.2, 0.25) is 5.91 Å². The van der Waals surface area contributed by atoms with E-state index in [1.54, 1.807) is 6.33 Å². The van der Waals surface area contributed by atoms with Crippen molar-refractivity contribution in [2.75, 3.05) is 0 Å². The van der Waals surface area contributed by atoms with Crippen molar-refractivity contribution in [1.82, 2.24) is 20.1 Å². The molecule has 1 saturated carbocycles. The van der Waals surface area contributed by atoms with Gasteiger partial charge in [0.05, 0.1) is 5.25 Å². The lowest BCUT2D eigenvalue weighted by Gasteiger charge is -2.11. The lowest BCUT2D eigenvalue weighted by molar-refractivity contribution is -0.120. The monoisotopic (exact) mass is 288 g/mol. The van der Waals surface area contributed by atoms with Gasteiger partial charge in [-0.15, -0.1) is 10.2 Å². The Morgan fingerprint density at radius 2 is 2.15 bits per heavy atom. The molecule has 1 fully saturated rings. The molecule has 0 unspecified atom stereocenters. The first-order chi connectivity index (χ1) is 9.74. The van der Waals surface area contributed by atoms with Gasteiger partial charge < -0.3 is 5.32 Å². The van der Waals surface area contributed by atoms with E-state index in [4.69, 9.17) is 0 Å². The molecule has 1 aromatic heterocycles. The van der Waals surface area contributed by atoms with Gasteiger partial charge in [-0.3, -0.25) is 9.36 Å². The molecule has 1 atom stereocenters. The summed E-state index contributed by atoms with van der Waals surface area (Å²) < 4.78 is 1.89. The topological polar surface area (TPSA) is 59.8 Å². The van der Waals surface area contributed by atoms with Crippen LogP contribution in [-0.4, -0.2) is 32.0 Å². The minimum absolute atomic E-state index is 0.0695. The highest BCUT2D eigenvalue weighted by molar-refractivity contribution is 8.00. The second-order valence-corrected chi connectivity index (χ2v) is 6.17. The maximum Gasteiger partial charge on any atom is 0.233 e. The lowest BCUT2D eigenvalue weighted by Crippen LogP contribution is -2.32. The molecule has 1 amide bonds. The third-order valence-electron chi connectivity index (χ3n) is 3.13. The van der Waals surface area contributed by atoms with E-state index in [1.165, 1.54) is 11.8 Å². The molecule has 0 aliphatic heterocycles. The molecule has 0 bridgehead atoms. The third-order valence-corrected chi connectivity index (χ3v) is 4.18. The molecule has 2 aromatic rings. The molecular formula is C14H16N4OS. The summed E-state index contributed by atoms with van der Waals surface area (Å²) in [6, 6.07) is 10.3. The minimum atomic E-state index is -0.178. The fraction of sp³-hybridized carbons (Fsp3) is 0.357. The van der Waals surface area contributed by atoms with E-state index >= 15 is 0 Å². The van der Waals surface area contributed by atoms with Gasteiger partial charge in [-0.1, -0.05) is 30.0 Å². The van der Waals surface area contributed by atoms with Crippen LogP contribution in [0.5, 0.6) is 0 Å². The highest BCUT2D eigenvalue weighted by Gasteiger charge is 2.26. The fourth-order valence-corrected chi connectivity index (χ4v) is 2.68. The molecule has 0 spiro atoms. The van der Waals surface area contributed by atoms with Crippen molar-refractivity contribution >= 4 is 17.7 Å². The van der Waals surface area contributed by atoms with Crippen LogP contribution in [0.3, 0.4) is 0 Å². The number of benzene rings is 1. The lowest BCUT2D eigenvalue weighted by atomic mass is 10.3. The fourth-order valence-electron chi connectivity index (χ4n) is 1.83. The molecule has 6 heteroatoms. The van der Waals surface area contributed by atoms with Crippen molar-refractivity contribution in [3.63, 3.8) is 0 Å². The maximum atomic E-state index is 12.0. The molecule has 5 nitrogen and oxygen atoms in total. The summed E-state index contributed by atoms with van der Waals surface area (Å²) in [6.07, 6.45) is 3.87. The standard InChI is InChI=1S/C14H16N4OS/c1-10(13(19)16-11-7-8-11)20-14-17-15-9-18(14)12-5-3-2-4-6-12/h2-6,9-11H,7-8H2,1H3,(H,16,19)/t10-/m1/s1. The molecule has 1 aliphatic carbocycles. The Labute approximate surface area is 121 Å². The third kappa shape index (κ3) is 3.01. The van der Waals surface area contributed by atoms with Crippen LogP contribution < -0.4 is 5.32 Å². The van der Waals surface area contributed by atoms with Crippen LogP contribution in [0.1, 0.15) is 19.8 Å². The van der Waals surface area contributed by atoms with Gasteiger partial charge in [-0.2, -0.15) is 0 Å². The summed E-state index contributed by atoms with van der Waals surface area (Å²) in [7, 11) is 0. The van der Waals surface area contributed by atoms with Gasteiger partial charge in [0, 0.05) is 11.7 Å². The molecule has 1 aromatic carbocycles. The number of carbonyl (C=O) groups excluding carboxylic acids is 1. The summed E-state index contributed by atoms with van der Waals surface area (Å²) in [5, 5.41) is 11.6. The van der Waals surface area contributed by atoms with Gasteiger partial charge in [-0.25, -0.2) is 0 Å². The van der Waals surface area contributed by atoms with E-state index in [0.717, 1.165) is 23.7 Å². The Morgan fingerprint density at radius 3 is 2.85 bits per heavy atom. The SMILES string of the molecule is C[C@@H](Sc1nncn1-c1ccccc1)C(=O)NC1CC1. The Morgan fingerprint density at radius 1 is 1.40 bits per heavy atom. The van der Waals surface area contributed by atoms with Gasteiger partial charge >= 0.3 is 0 Å². The molecule has 1 aliphatic rings. The average Bonchev–Trinajstić information content (AvgIpc) is 3.16. The van der Waals surface area contributed by atoms with Gasteiger partial charge in [-0.05, 0) is 31.9 Å². The van der Waals surface area contributed by atoms with E-state index < -0.39 is 0 Å². The molecule has 0 radical (unpaired) electrons. The predicted molar refractivity (Wildman–Crippen MR) is 77.8 cm³/mol. The van der Waals surface area contributed by atoms with Crippen LogP contribution in [0.15, 0.2) is 41.8 Å². The first-order valence-electron chi connectivity index (χ1n) is 6.66. The highest BCUT2D eigenvalue weighted by atomic mass is 32.2. The first-order valence-corrected chi connectivity index (χ1v) is 7.54. The summed E-state index contributed by atoms with van der Waals surface area (Å²) in [5.41, 5.74) is 0.995. The largest absolute Gasteiger partial charge is 0.352 e. The van der Waals surface area contributed by atoms with E-state index in [1.807, 2.05) is 41.8 Å². The number of hydrogen-bond donors (Lipinski definition) is 1. The number of aromatic nitrogens is 3. The zero-order chi connectivity index (χ0) is 13.9. The van der Waals surface area contributed by atoms with E-state index in [-0.39, 0.29) is 11.2 Å². The summed E-state index contributed by atoms with van der Waals surface area (Å²) in [5.74, 6) is 0.0695. The first kappa shape index (κ1) is 13.2. The van der Waals surface area contributed by atoms with Crippen molar-refractivity contribution in [2.24, 2.45) is 0 Å². The van der Waals surface area contributed by atoms with Crippen LogP contribution in [0.2, 0.25) is 0 Å². The van der Waals surface area contributed by atoms with Crippen molar-refractivity contribution < 1.29 is 4.79 Å². The number of rotatable bonds is 5. The smallest absolute Gasteiger partial charge is 0.233 e. The molecule has 20 heavy (non-hydrogen) atoms. The molecule has 1 heterocycles. The van der Waals surface area contributed by atoms with Crippen molar-refractivity contribution in [1.29, 1.82) is 0 Å². The predicted octanol–water partition coefficient (Wildman–Crippen LogP) is 2.03. The van der Waals surface area contributed by atoms with Gasteiger partial charge in [0.15, 0.2) is 5.16 Å². The minimum Gasteiger partial charge on any atom is -0.352 e. The number of carbonyl (C=O) groups is 1. The molecular weight excluding hydrogens is 272 g/mol. The molecule has 104 valence electrons. The number of amides is 1. The van der Waals surface area contributed by atoms with Crippen molar-refractivity contribution in [3.8, 4) is 5.69 Å². The van der Waals surface area contributed by atoms with Gasteiger partial charge in [0.25, 0.3) is 0 Å². The van der Waals surface area contributed by atoms with E-state index in [2.05, 4.69) is 15.5 Å². The number of hydrogen-bond acceptors (Lipinski definition) is 4. The quantitative estimate of drug-likeness (QED) is 0.855. The number of para-hydroxylation sites is 1. The normalized spacial score (nSPS) is 15.8. The van der Waals surface area contributed by atoms with Crippen LogP contribution >= 0.6 is 11.8 Å². The Hall–Kier alpha value is -1.82. The van der Waals surface area contributed by atoms with Gasteiger partial charge in [0.1, 0.15) is 6.33 Å². The maximum absolute atomic E-state index is 12.0. The van der Waals surface area contributed by atoms with E-state index in [9.17, 15) is 4.79 Å². The summed E-state index contributed by atoms with van der Waals surface area (Å²) >= 11 is 1.43. The Bertz CT molecular complexity index is 594. The molecule has 1 N–H and O–H groups in total. The highest BCUT2D eigenvalue weighted by Crippen LogP contribution is 2.25. The van der Waals surface area contributed by atoms with Crippen molar-refractivity contribution in [3.05, 3.63) is 36.7 Å². The number of nitrogens with zero attached hydrogens (tertiary/aromatic N) is 3. The summed E-state index contributed by atoms with van der Waals surface area (Å²) in [6.45, 7) is 1.90. The zero-order valence-corrected chi connectivity index (χ0v) is 12.0. The second-order valence-electron chi connectivity index (χ2n) is 4.86. The summed E-state index contributed by atoms with van der Waals surface area (Å²) in [4.78, 5) is 12.0. The van der Waals surface area contributed by atoms with Crippen LogP contribution in [0.4, 0.5) is 0 Å². The molecule has 0 saturated heterocycles. The van der Waals surface area contributed by atoms with Crippen molar-refractivity contribution in [2.45, 2.75) is 36.2 Å². The average molecular weight is 288 g/mol. The number of nitrogens with one attached hydrogen (secondary N) is 1. The van der Waals surface area contributed by atoms with Crippen LogP contribution in [0, 0.1) is 0 Å². The Balaban J connectivity index is 1.71. The molecule has 3 rings (SSSR count). The van der Waals surface area contributed by atoms with Crippen LogP contribution in [0.25, 0.3) is 5.69 Å². The van der Waals surface area contributed by atoms with Crippen LogP contribution in [-0.2, 0) is 4.79 Å². The zero-order valence-electron chi connectivity index (χ0n) is 11.2.